The average Bonchev–Trinajstić information content (AvgIpc) is 2.65. The number of pyridine rings is 1. The van der Waals surface area contributed by atoms with Crippen molar-refractivity contribution in [3.63, 3.8) is 0 Å². The second kappa shape index (κ2) is 7.52. The summed E-state index contributed by atoms with van der Waals surface area (Å²) in [5, 5.41) is 0.617. The van der Waals surface area contributed by atoms with Crippen LogP contribution in [0, 0.1) is 11.7 Å². The highest BCUT2D eigenvalue weighted by Gasteiger charge is 2.61. The summed E-state index contributed by atoms with van der Waals surface area (Å²) >= 11 is 11.7. The summed E-state index contributed by atoms with van der Waals surface area (Å²) in [4.78, 5) is 44.5. The number of hydrogen-bond acceptors (Lipinski definition) is 4. The molecule has 0 unspecified atom stereocenters. The topological polar surface area (TPSA) is 96.6 Å². The third-order valence-electron chi connectivity index (χ3n) is 5.62. The zero-order chi connectivity index (χ0) is 21.6. The molecule has 10 heteroatoms. The number of benzene rings is 1. The molecule has 1 spiro atoms. The fourth-order valence-electron chi connectivity index (χ4n) is 4.04. The lowest BCUT2D eigenvalue weighted by atomic mass is 9.65. The van der Waals surface area contributed by atoms with Gasteiger partial charge < -0.3 is 10.6 Å². The summed E-state index contributed by atoms with van der Waals surface area (Å²) in [6, 6.07) is 7.91. The predicted molar refractivity (Wildman–Crippen MR) is 108 cm³/mol. The number of hydrogen-bond donors (Lipinski definition) is 1. The number of anilines is 1. The van der Waals surface area contributed by atoms with Crippen LogP contribution >= 0.6 is 23.2 Å². The van der Waals surface area contributed by atoms with Crippen molar-refractivity contribution in [2.75, 3.05) is 11.4 Å². The van der Waals surface area contributed by atoms with Crippen LogP contribution in [0.25, 0.3) is 0 Å². The Balaban J connectivity index is 1.70. The number of carbonyl (C=O) groups excluding carboxylic acids is 3. The minimum Gasteiger partial charge on any atom is -0.369 e. The van der Waals surface area contributed by atoms with Crippen LogP contribution in [0.1, 0.15) is 18.4 Å². The van der Waals surface area contributed by atoms with Crippen LogP contribution in [-0.2, 0) is 20.9 Å². The summed E-state index contributed by atoms with van der Waals surface area (Å²) in [6.45, 7) is -0.224. The van der Waals surface area contributed by atoms with Crippen LogP contribution in [0.2, 0.25) is 10.0 Å². The number of rotatable bonds is 4. The van der Waals surface area contributed by atoms with Gasteiger partial charge in [0.25, 0.3) is 5.91 Å². The number of primary amides is 1. The average molecular weight is 451 g/mol. The second-order valence-corrected chi connectivity index (χ2v) is 8.37. The Labute approximate surface area is 181 Å². The van der Waals surface area contributed by atoms with Crippen molar-refractivity contribution in [3.05, 3.63) is 58.0 Å². The van der Waals surface area contributed by atoms with Gasteiger partial charge in [-0.3, -0.25) is 19.3 Å². The zero-order valence-corrected chi connectivity index (χ0v) is 17.2. The van der Waals surface area contributed by atoms with Crippen molar-refractivity contribution in [2.45, 2.75) is 24.9 Å². The largest absolute Gasteiger partial charge is 0.369 e. The quantitative estimate of drug-likeness (QED) is 0.773. The van der Waals surface area contributed by atoms with Crippen LogP contribution in [0.3, 0.4) is 0 Å². The Morgan fingerprint density at radius 3 is 2.47 bits per heavy atom. The molecule has 1 aromatic carbocycles. The van der Waals surface area contributed by atoms with E-state index in [1.54, 1.807) is 24.3 Å². The van der Waals surface area contributed by atoms with Gasteiger partial charge in [-0.1, -0.05) is 35.3 Å². The summed E-state index contributed by atoms with van der Waals surface area (Å²) in [6.07, 6.45) is 1.36. The molecular weight excluding hydrogens is 434 g/mol. The van der Waals surface area contributed by atoms with E-state index in [1.165, 1.54) is 11.1 Å². The Bertz CT molecular complexity index is 1040. The minimum absolute atomic E-state index is 0.0727. The van der Waals surface area contributed by atoms with Gasteiger partial charge in [-0.25, -0.2) is 9.37 Å². The Morgan fingerprint density at radius 1 is 1.20 bits per heavy atom. The van der Waals surface area contributed by atoms with E-state index in [4.69, 9.17) is 28.9 Å². The van der Waals surface area contributed by atoms with E-state index in [0.29, 0.717) is 5.02 Å². The lowest BCUT2D eigenvalue weighted by Gasteiger charge is -2.56. The normalized spacial score (nSPS) is 23.6. The highest BCUT2D eigenvalue weighted by molar-refractivity contribution is 6.30. The zero-order valence-electron chi connectivity index (χ0n) is 15.6. The van der Waals surface area contributed by atoms with Gasteiger partial charge in [0.1, 0.15) is 12.1 Å². The monoisotopic (exact) mass is 450 g/mol. The molecule has 1 aliphatic heterocycles. The molecule has 30 heavy (non-hydrogen) atoms. The van der Waals surface area contributed by atoms with E-state index in [9.17, 15) is 18.8 Å². The number of nitrogens with two attached hydrogens (primary N) is 1. The molecule has 3 amide bonds. The van der Waals surface area contributed by atoms with Crippen LogP contribution in [0.5, 0.6) is 0 Å². The molecule has 1 saturated carbocycles. The maximum absolute atomic E-state index is 14.4. The molecule has 0 atom stereocenters. The fraction of sp³-hybridized carbons (Fsp3) is 0.300. The maximum Gasteiger partial charge on any atom is 0.254 e. The number of nitrogens with zero attached hydrogens (tertiary/aromatic N) is 3. The third-order valence-corrected chi connectivity index (χ3v) is 6.08. The van der Waals surface area contributed by atoms with Crippen molar-refractivity contribution >= 4 is 46.7 Å². The number of aromatic nitrogens is 1. The maximum atomic E-state index is 14.4. The van der Waals surface area contributed by atoms with Crippen LogP contribution in [-0.4, -0.2) is 39.7 Å². The number of piperazine rings is 1. The molecular formula is C20H17Cl2FN4O3. The summed E-state index contributed by atoms with van der Waals surface area (Å²) in [7, 11) is 0. The Morgan fingerprint density at radius 2 is 1.87 bits per heavy atom. The third kappa shape index (κ3) is 3.40. The predicted octanol–water partition coefficient (Wildman–Crippen LogP) is 2.54. The van der Waals surface area contributed by atoms with E-state index in [0.717, 1.165) is 16.5 Å². The van der Waals surface area contributed by atoms with Gasteiger partial charge in [-0.15, -0.1) is 0 Å². The van der Waals surface area contributed by atoms with Crippen molar-refractivity contribution in [1.29, 1.82) is 0 Å². The summed E-state index contributed by atoms with van der Waals surface area (Å²) in [5.74, 6) is -3.05. The van der Waals surface area contributed by atoms with Gasteiger partial charge in [0, 0.05) is 23.7 Å². The lowest BCUT2D eigenvalue weighted by molar-refractivity contribution is -0.164. The first-order chi connectivity index (χ1) is 14.2. The molecule has 2 aromatic rings. The Hall–Kier alpha value is -2.71. The smallest absolute Gasteiger partial charge is 0.254 e. The van der Waals surface area contributed by atoms with E-state index in [2.05, 4.69) is 4.98 Å². The van der Waals surface area contributed by atoms with Crippen LogP contribution in [0.15, 0.2) is 36.5 Å². The molecule has 2 N–H and O–H groups in total. The first-order valence-electron chi connectivity index (χ1n) is 9.18. The van der Waals surface area contributed by atoms with E-state index >= 15 is 0 Å². The Kier molecular flexibility index (Phi) is 5.15. The molecule has 2 fully saturated rings. The standard InChI is InChI=1S/C20H17Cl2FN4O3/c21-13-3-1-11(2-4-13)9-27-16(28)10-26(18-15(23)5-14(22)8-25-18)19(30)20(27)6-12(7-20)17(24)29/h1-5,8,12H,6-7,9-10H2,(H2,24,29)/t12-,20+. The number of halogens is 3. The van der Waals surface area contributed by atoms with Crippen molar-refractivity contribution in [2.24, 2.45) is 11.7 Å². The van der Waals surface area contributed by atoms with Gasteiger partial charge in [0.15, 0.2) is 11.6 Å². The lowest BCUT2D eigenvalue weighted by Crippen LogP contribution is -2.73. The van der Waals surface area contributed by atoms with Gasteiger partial charge >= 0.3 is 0 Å². The van der Waals surface area contributed by atoms with Gasteiger partial charge in [0.2, 0.25) is 11.8 Å². The molecule has 1 aromatic heterocycles. The molecule has 1 saturated heterocycles. The highest BCUT2D eigenvalue weighted by atomic mass is 35.5. The number of carbonyl (C=O) groups is 3. The fourth-order valence-corrected chi connectivity index (χ4v) is 4.31. The van der Waals surface area contributed by atoms with Crippen molar-refractivity contribution in [1.82, 2.24) is 9.88 Å². The van der Waals surface area contributed by atoms with E-state index in [1.807, 2.05) is 0 Å². The van der Waals surface area contributed by atoms with Crippen LogP contribution < -0.4 is 10.6 Å². The SMILES string of the molecule is NC(=O)[C@H]1C[C@@]2(C1)C(=O)N(c1ncc(Cl)cc1F)CC(=O)N2Cc1ccc(Cl)cc1. The highest BCUT2D eigenvalue weighted by Crippen LogP contribution is 2.47. The second-order valence-electron chi connectivity index (χ2n) is 7.50. The molecule has 4 rings (SSSR count). The van der Waals surface area contributed by atoms with E-state index < -0.39 is 29.1 Å². The molecule has 2 aliphatic rings. The molecule has 0 radical (unpaired) electrons. The van der Waals surface area contributed by atoms with Gasteiger partial charge in [-0.2, -0.15) is 0 Å². The van der Waals surface area contributed by atoms with Crippen LogP contribution in [0.4, 0.5) is 10.2 Å². The molecule has 156 valence electrons. The molecule has 0 bridgehead atoms. The first-order valence-corrected chi connectivity index (χ1v) is 9.94. The summed E-state index contributed by atoms with van der Waals surface area (Å²) in [5.41, 5.74) is 4.88. The molecule has 2 heterocycles. The summed E-state index contributed by atoms with van der Waals surface area (Å²) < 4.78 is 14.4. The first kappa shape index (κ1) is 20.6. The van der Waals surface area contributed by atoms with Gasteiger partial charge in [-0.05, 0) is 36.6 Å². The minimum atomic E-state index is -1.29. The van der Waals surface area contributed by atoms with Gasteiger partial charge in [0.05, 0.1) is 5.02 Å². The molecule has 7 nitrogen and oxygen atoms in total. The van der Waals surface area contributed by atoms with Crippen molar-refractivity contribution in [3.8, 4) is 0 Å². The molecule has 1 aliphatic carbocycles. The van der Waals surface area contributed by atoms with Crippen molar-refractivity contribution < 1.29 is 18.8 Å². The number of amides is 3. The van der Waals surface area contributed by atoms with E-state index in [-0.39, 0.29) is 42.7 Å².